The molecular weight excluding hydrogens is 542 g/mol. The number of ketones is 3. The minimum atomic E-state index is -2.24. The SMILES string of the molecule is CO.COc1cccc2c1C(=O)c1c(O)c3c(c(O)c1C2=O)C[C@@](O)(C(=O)CO)C[C@@H]3O[C@H]1C[C@H](N)[C@H](O)[C@H](C)O1. The molecule has 2 aromatic carbocycles. The van der Waals surface area contributed by atoms with Crippen LogP contribution in [0.5, 0.6) is 17.2 Å². The van der Waals surface area contributed by atoms with Crippen LogP contribution in [0.3, 0.4) is 0 Å². The van der Waals surface area contributed by atoms with E-state index in [1.807, 2.05) is 0 Å². The van der Waals surface area contributed by atoms with E-state index in [0.717, 1.165) is 7.11 Å². The number of hydrogen-bond donors (Lipinski definition) is 7. The molecule has 13 nitrogen and oxygen atoms in total. The lowest BCUT2D eigenvalue weighted by molar-refractivity contribution is -0.247. The molecule has 41 heavy (non-hydrogen) atoms. The fraction of sp³-hybridized carbons (Fsp3) is 0.464. The Morgan fingerprint density at radius 2 is 1.78 bits per heavy atom. The summed E-state index contributed by atoms with van der Waals surface area (Å²) in [5, 5.41) is 60.7. The lowest BCUT2D eigenvalue weighted by Crippen LogP contribution is -2.53. The predicted octanol–water partition coefficient (Wildman–Crippen LogP) is -0.390. The van der Waals surface area contributed by atoms with Gasteiger partial charge in [-0.3, -0.25) is 14.4 Å². The molecule has 8 N–H and O–H groups in total. The molecule has 1 aliphatic heterocycles. The lowest BCUT2D eigenvalue weighted by atomic mass is 9.72. The minimum Gasteiger partial charge on any atom is -0.507 e. The summed E-state index contributed by atoms with van der Waals surface area (Å²) >= 11 is 0. The summed E-state index contributed by atoms with van der Waals surface area (Å²) in [6.07, 6.45) is -5.12. The smallest absolute Gasteiger partial charge is 0.202 e. The van der Waals surface area contributed by atoms with E-state index >= 15 is 0 Å². The molecule has 0 amide bonds. The van der Waals surface area contributed by atoms with Crippen molar-refractivity contribution in [3.05, 3.63) is 51.6 Å². The third-order valence-corrected chi connectivity index (χ3v) is 7.81. The Hall–Kier alpha value is -3.43. The Labute approximate surface area is 234 Å². The number of hydrogen-bond acceptors (Lipinski definition) is 13. The summed E-state index contributed by atoms with van der Waals surface area (Å²) in [4.78, 5) is 39.7. The van der Waals surface area contributed by atoms with Gasteiger partial charge in [-0.2, -0.15) is 0 Å². The Balaban J connectivity index is 0.00000189. The molecule has 1 fully saturated rings. The van der Waals surface area contributed by atoms with Gasteiger partial charge in [0.2, 0.25) is 5.78 Å². The topological polar surface area (TPSA) is 226 Å². The van der Waals surface area contributed by atoms with Crippen LogP contribution in [0.1, 0.15) is 68.8 Å². The quantitative estimate of drug-likeness (QED) is 0.193. The molecule has 222 valence electrons. The van der Waals surface area contributed by atoms with E-state index in [9.17, 15) is 39.9 Å². The highest BCUT2D eigenvalue weighted by Crippen LogP contribution is 2.52. The molecule has 0 spiro atoms. The third-order valence-electron chi connectivity index (χ3n) is 7.81. The number of Topliss-reactive ketones (excluding diaryl/α,β-unsaturated/α-hetero) is 1. The van der Waals surface area contributed by atoms with Crippen molar-refractivity contribution in [2.24, 2.45) is 5.73 Å². The number of methoxy groups -OCH3 is 1. The van der Waals surface area contributed by atoms with Crippen molar-refractivity contribution in [1.29, 1.82) is 0 Å². The van der Waals surface area contributed by atoms with Gasteiger partial charge in [0.1, 0.15) is 29.5 Å². The second-order valence-corrected chi connectivity index (χ2v) is 10.2. The van der Waals surface area contributed by atoms with E-state index in [-0.39, 0.29) is 34.4 Å². The molecule has 0 bridgehead atoms. The third kappa shape index (κ3) is 4.89. The molecule has 0 aromatic heterocycles. The summed E-state index contributed by atoms with van der Waals surface area (Å²) in [6, 6.07) is 3.64. The fourth-order valence-corrected chi connectivity index (χ4v) is 5.75. The van der Waals surface area contributed by atoms with Gasteiger partial charge < -0.3 is 50.6 Å². The number of benzene rings is 2. The highest BCUT2D eigenvalue weighted by atomic mass is 16.7. The van der Waals surface area contributed by atoms with Gasteiger partial charge in [-0.15, -0.1) is 0 Å². The molecule has 1 heterocycles. The molecule has 0 saturated carbocycles. The van der Waals surface area contributed by atoms with Gasteiger partial charge in [-0.1, -0.05) is 12.1 Å². The molecule has 6 atom stereocenters. The maximum absolute atomic E-state index is 13.6. The second-order valence-electron chi connectivity index (χ2n) is 10.2. The van der Waals surface area contributed by atoms with E-state index in [4.69, 9.17) is 25.1 Å². The van der Waals surface area contributed by atoms with Crippen LogP contribution >= 0.6 is 0 Å². The van der Waals surface area contributed by atoms with Crippen LogP contribution in [-0.4, -0.2) is 99.0 Å². The first-order chi connectivity index (χ1) is 19.4. The molecule has 0 radical (unpaired) electrons. The molecular formula is C28H33NO12. The first kappa shape index (κ1) is 30.5. The highest BCUT2D eigenvalue weighted by molar-refractivity contribution is 6.31. The van der Waals surface area contributed by atoms with Crippen molar-refractivity contribution in [2.75, 3.05) is 20.8 Å². The van der Waals surface area contributed by atoms with Gasteiger partial charge >= 0.3 is 0 Å². The van der Waals surface area contributed by atoms with Crippen LogP contribution in [0.25, 0.3) is 0 Å². The van der Waals surface area contributed by atoms with Gasteiger partial charge in [-0.05, 0) is 13.0 Å². The number of rotatable bonds is 5. The van der Waals surface area contributed by atoms with Crippen LogP contribution < -0.4 is 10.5 Å². The predicted molar refractivity (Wildman–Crippen MR) is 140 cm³/mol. The average Bonchev–Trinajstić information content (AvgIpc) is 2.96. The Morgan fingerprint density at radius 3 is 2.39 bits per heavy atom. The lowest BCUT2D eigenvalue weighted by Gasteiger charge is -2.42. The number of carbonyl (C=O) groups is 3. The Bertz CT molecular complexity index is 1380. The van der Waals surface area contributed by atoms with Crippen LogP contribution in [0.15, 0.2) is 18.2 Å². The van der Waals surface area contributed by atoms with Crippen molar-refractivity contribution in [2.45, 2.75) is 62.4 Å². The van der Waals surface area contributed by atoms with E-state index in [2.05, 4.69) is 0 Å². The standard InChI is InChI=1S/C27H29NO11.CH4O/c1-10-22(31)13(28)6-17(38-10)39-15-8-27(36,16(30)9-29)7-12-19(15)26(35)21-20(24(12)33)23(32)11-4-3-5-14(37-2)18(11)25(21)34;1-2/h3-5,10,13,15,17,22,29,31,33,35-36H,6-9,28H2,1-2H3;2H,1H3/t10-,13-,15-,17-,22+,27-;/m0./s1. The number of aliphatic hydroxyl groups excluding tert-OH is 3. The van der Waals surface area contributed by atoms with Crippen molar-refractivity contribution < 1.29 is 59.2 Å². The van der Waals surface area contributed by atoms with E-state index in [0.29, 0.717) is 0 Å². The second kappa shape index (κ2) is 11.4. The molecule has 3 aliphatic rings. The minimum absolute atomic E-state index is 0.0173. The van der Waals surface area contributed by atoms with E-state index < -0.39 is 95.7 Å². The number of phenolic OH excluding ortho intramolecular Hbond substituents is 2. The maximum Gasteiger partial charge on any atom is 0.202 e. The number of nitrogens with two attached hydrogens (primary N) is 1. The largest absolute Gasteiger partial charge is 0.507 e. The summed E-state index contributed by atoms with van der Waals surface area (Å²) in [5.74, 6) is -3.77. The Morgan fingerprint density at radius 1 is 1.12 bits per heavy atom. The van der Waals surface area contributed by atoms with Crippen LogP contribution in [0, 0.1) is 0 Å². The summed E-state index contributed by atoms with van der Waals surface area (Å²) in [6.45, 7) is 0.560. The zero-order chi connectivity index (χ0) is 30.4. The average molecular weight is 576 g/mol. The first-order valence-corrected chi connectivity index (χ1v) is 12.9. The van der Waals surface area contributed by atoms with Crippen LogP contribution in [0.4, 0.5) is 0 Å². The number of aromatic hydroxyl groups is 2. The number of ether oxygens (including phenoxy) is 3. The zero-order valence-corrected chi connectivity index (χ0v) is 22.7. The first-order valence-electron chi connectivity index (χ1n) is 12.9. The van der Waals surface area contributed by atoms with Gasteiger partial charge in [0, 0.05) is 49.1 Å². The van der Waals surface area contributed by atoms with Crippen molar-refractivity contribution in [3.8, 4) is 17.2 Å². The molecule has 2 aromatic rings. The number of carbonyl (C=O) groups excluding carboxylic acids is 3. The van der Waals surface area contributed by atoms with Crippen LogP contribution in [0.2, 0.25) is 0 Å². The van der Waals surface area contributed by atoms with E-state index in [1.54, 1.807) is 6.92 Å². The highest BCUT2D eigenvalue weighted by Gasteiger charge is 2.50. The molecule has 1 saturated heterocycles. The van der Waals surface area contributed by atoms with Gasteiger partial charge in [0.15, 0.2) is 17.9 Å². The van der Waals surface area contributed by atoms with Crippen molar-refractivity contribution >= 4 is 17.3 Å². The molecule has 13 heteroatoms. The number of phenols is 2. The van der Waals surface area contributed by atoms with Gasteiger partial charge in [0.25, 0.3) is 0 Å². The monoisotopic (exact) mass is 575 g/mol. The molecule has 0 unspecified atom stereocenters. The fourth-order valence-electron chi connectivity index (χ4n) is 5.75. The van der Waals surface area contributed by atoms with Gasteiger partial charge in [-0.25, -0.2) is 0 Å². The Kier molecular flexibility index (Phi) is 8.52. The normalized spacial score (nSPS) is 28.5. The summed E-state index contributed by atoms with van der Waals surface area (Å²) in [7, 11) is 2.32. The number of fused-ring (bicyclic) bond motifs is 3. The van der Waals surface area contributed by atoms with Crippen molar-refractivity contribution in [1.82, 2.24) is 0 Å². The number of aliphatic hydroxyl groups is 4. The summed E-state index contributed by atoms with van der Waals surface area (Å²) < 4.78 is 17.0. The zero-order valence-electron chi connectivity index (χ0n) is 22.7. The maximum atomic E-state index is 13.6. The van der Waals surface area contributed by atoms with Crippen molar-refractivity contribution in [3.63, 3.8) is 0 Å². The summed E-state index contributed by atoms with van der Waals surface area (Å²) in [5.41, 5.74) is 2.37. The van der Waals surface area contributed by atoms with E-state index in [1.165, 1.54) is 25.3 Å². The van der Waals surface area contributed by atoms with Crippen LogP contribution in [-0.2, 0) is 20.7 Å². The van der Waals surface area contributed by atoms with Gasteiger partial charge in [0.05, 0.1) is 42.1 Å². The molecule has 5 rings (SSSR count). The molecule has 2 aliphatic carbocycles.